The average Bonchev–Trinajstić information content (AvgIpc) is 2.69. The molecule has 0 bridgehead atoms. The second-order valence-corrected chi connectivity index (χ2v) is 6.90. The van der Waals surface area contributed by atoms with Gasteiger partial charge < -0.3 is 4.90 Å². The Balaban J connectivity index is 2.13. The van der Waals surface area contributed by atoms with Gasteiger partial charge in [-0.05, 0) is 12.8 Å². The molecular weight excluding hydrogens is 271 g/mol. The Labute approximate surface area is 112 Å². The van der Waals surface area contributed by atoms with Gasteiger partial charge in [-0.25, -0.2) is 0 Å². The zero-order chi connectivity index (χ0) is 14.1. The number of hydrogen-bond acceptors (Lipinski definition) is 4. The molecule has 0 N–H and O–H groups in total. The highest BCUT2D eigenvalue weighted by Gasteiger charge is 2.46. The number of nitriles is 1. The van der Waals surface area contributed by atoms with E-state index in [2.05, 4.69) is 6.07 Å². The van der Waals surface area contributed by atoms with Crippen LogP contribution >= 0.6 is 0 Å². The topological polar surface area (TPSA) is 78.2 Å². The Kier molecular flexibility index (Phi) is 3.81. The van der Waals surface area contributed by atoms with Gasteiger partial charge in [0.1, 0.15) is 5.54 Å². The van der Waals surface area contributed by atoms with Gasteiger partial charge in [0.15, 0.2) is 0 Å². The van der Waals surface area contributed by atoms with Crippen LogP contribution in [0.4, 0.5) is 3.89 Å². The average molecular weight is 288 g/mol. The van der Waals surface area contributed by atoms with Crippen LogP contribution in [0.1, 0.15) is 38.5 Å². The number of amides is 1. The highest BCUT2D eigenvalue weighted by molar-refractivity contribution is 7.86. The van der Waals surface area contributed by atoms with Gasteiger partial charge in [0.2, 0.25) is 5.91 Å². The van der Waals surface area contributed by atoms with Gasteiger partial charge >= 0.3 is 10.2 Å². The van der Waals surface area contributed by atoms with Crippen molar-refractivity contribution in [3.8, 4) is 6.07 Å². The minimum Gasteiger partial charge on any atom is -0.324 e. The summed E-state index contributed by atoms with van der Waals surface area (Å²) in [6, 6.07) is 2.24. The SMILES string of the molecule is N#CC1(N2CC(CS(=O)(=O)F)CC2=O)CCCCC1. The first-order valence-electron chi connectivity index (χ1n) is 6.50. The predicted octanol–water partition coefficient (Wildman–Crippen LogP) is 1.36. The van der Waals surface area contributed by atoms with E-state index in [1.807, 2.05) is 0 Å². The first kappa shape index (κ1) is 14.3. The van der Waals surface area contributed by atoms with Crippen molar-refractivity contribution in [3.05, 3.63) is 0 Å². The molecule has 2 rings (SSSR count). The zero-order valence-electron chi connectivity index (χ0n) is 10.6. The van der Waals surface area contributed by atoms with Crippen LogP contribution in [0, 0.1) is 17.2 Å². The van der Waals surface area contributed by atoms with Crippen LogP contribution in [0.5, 0.6) is 0 Å². The largest absolute Gasteiger partial charge is 0.324 e. The monoisotopic (exact) mass is 288 g/mol. The number of nitrogens with zero attached hydrogens (tertiary/aromatic N) is 2. The van der Waals surface area contributed by atoms with Crippen LogP contribution < -0.4 is 0 Å². The molecular formula is C12H17FN2O3S. The quantitative estimate of drug-likeness (QED) is 0.735. The summed E-state index contributed by atoms with van der Waals surface area (Å²) >= 11 is 0. The summed E-state index contributed by atoms with van der Waals surface area (Å²) in [6.45, 7) is 0.176. The minimum atomic E-state index is -4.57. The fourth-order valence-corrected chi connectivity index (χ4v) is 3.95. The molecule has 1 heterocycles. The lowest BCUT2D eigenvalue weighted by atomic mass is 9.81. The predicted molar refractivity (Wildman–Crippen MR) is 66.1 cm³/mol. The van der Waals surface area contributed by atoms with E-state index in [-0.39, 0.29) is 18.9 Å². The van der Waals surface area contributed by atoms with Crippen molar-refractivity contribution < 1.29 is 17.1 Å². The molecule has 1 unspecified atom stereocenters. The molecule has 0 aromatic heterocycles. The fourth-order valence-electron chi connectivity index (χ4n) is 3.17. The van der Waals surface area contributed by atoms with E-state index >= 15 is 0 Å². The van der Waals surface area contributed by atoms with Gasteiger partial charge in [-0.1, -0.05) is 19.3 Å². The summed E-state index contributed by atoms with van der Waals surface area (Å²) in [7, 11) is -4.57. The standard InChI is InChI=1S/C12H17FN2O3S/c13-19(17,18)8-10-6-11(16)15(7-10)12(9-14)4-2-1-3-5-12/h10H,1-8H2. The van der Waals surface area contributed by atoms with Crippen LogP contribution in [-0.4, -0.2) is 37.1 Å². The molecule has 5 nitrogen and oxygen atoms in total. The summed E-state index contributed by atoms with van der Waals surface area (Å²) in [5, 5.41) is 9.40. The van der Waals surface area contributed by atoms with Gasteiger partial charge in [0, 0.05) is 18.9 Å². The van der Waals surface area contributed by atoms with Gasteiger partial charge in [0.25, 0.3) is 0 Å². The van der Waals surface area contributed by atoms with E-state index in [0.717, 1.165) is 19.3 Å². The van der Waals surface area contributed by atoms with Crippen LogP contribution in [0.25, 0.3) is 0 Å². The lowest BCUT2D eigenvalue weighted by Gasteiger charge is -2.39. The van der Waals surface area contributed by atoms with Crippen LogP contribution in [0.2, 0.25) is 0 Å². The maximum Gasteiger partial charge on any atom is 0.302 e. The maximum absolute atomic E-state index is 12.7. The molecule has 1 atom stereocenters. The van der Waals surface area contributed by atoms with Gasteiger partial charge in [-0.15, -0.1) is 3.89 Å². The molecule has 19 heavy (non-hydrogen) atoms. The van der Waals surface area contributed by atoms with E-state index in [4.69, 9.17) is 0 Å². The molecule has 1 aliphatic heterocycles. The zero-order valence-corrected chi connectivity index (χ0v) is 11.5. The van der Waals surface area contributed by atoms with Gasteiger partial charge in [-0.3, -0.25) is 4.79 Å². The lowest BCUT2D eigenvalue weighted by Crippen LogP contribution is -2.50. The van der Waals surface area contributed by atoms with Crippen LogP contribution in [0.3, 0.4) is 0 Å². The number of hydrogen-bond donors (Lipinski definition) is 0. The normalized spacial score (nSPS) is 27.3. The Bertz CT molecular complexity index is 506. The molecule has 0 radical (unpaired) electrons. The smallest absolute Gasteiger partial charge is 0.302 e. The molecule has 106 valence electrons. The Morgan fingerprint density at radius 2 is 2.00 bits per heavy atom. The number of rotatable bonds is 3. The maximum atomic E-state index is 12.7. The summed E-state index contributed by atoms with van der Waals surface area (Å²) < 4.78 is 34.0. The van der Waals surface area contributed by atoms with Crippen molar-refractivity contribution in [1.29, 1.82) is 5.26 Å². The van der Waals surface area contributed by atoms with E-state index in [9.17, 15) is 22.4 Å². The van der Waals surface area contributed by atoms with Crippen molar-refractivity contribution in [2.75, 3.05) is 12.3 Å². The molecule has 7 heteroatoms. The third-order valence-electron chi connectivity index (χ3n) is 4.05. The van der Waals surface area contributed by atoms with Gasteiger partial charge in [0.05, 0.1) is 11.8 Å². The second-order valence-electron chi connectivity index (χ2n) is 5.48. The summed E-state index contributed by atoms with van der Waals surface area (Å²) in [5.41, 5.74) is -0.801. The van der Waals surface area contributed by atoms with E-state index in [1.165, 1.54) is 4.90 Å². The van der Waals surface area contributed by atoms with E-state index < -0.39 is 27.4 Å². The molecule has 1 aliphatic carbocycles. The molecule has 1 saturated carbocycles. The van der Waals surface area contributed by atoms with Crippen LogP contribution in [-0.2, 0) is 15.0 Å². The molecule has 0 spiro atoms. The minimum absolute atomic E-state index is 0.0204. The van der Waals surface area contributed by atoms with Crippen molar-refractivity contribution in [3.63, 3.8) is 0 Å². The van der Waals surface area contributed by atoms with Crippen LogP contribution in [0.15, 0.2) is 0 Å². The molecule has 0 aromatic rings. The number of carbonyl (C=O) groups is 1. The first-order chi connectivity index (χ1) is 8.86. The Morgan fingerprint density at radius 3 is 2.53 bits per heavy atom. The van der Waals surface area contributed by atoms with Crippen molar-refractivity contribution in [1.82, 2.24) is 4.90 Å². The van der Waals surface area contributed by atoms with E-state index in [1.54, 1.807) is 0 Å². The molecule has 1 amide bonds. The van der Waals surface area contributed by atoms with Crippen molar-refractivity contribution >= 4 is 16.1 Å². The second kappa shape index (κ2) is 5.08. The third-order valence-corrected chi connectivity index (χ3v) is 4.91. The van der Waals surface area contributed by atoms with E-state index in [0.29, 0.717) is 12.8 Å². The van der Waals surface area contributed by atoms with Crippen molar-refractivity contribution in [2.45, 2.75) is 44.1 Å². The molecule has 1 saturated heterocycles. The first-order valence-corrected chi connectivity index (χ1v) is 8.06. The fraction of sp³-hybridized carbons (Fsp3) is 0.833. The highest BCUT2D eigenvalue weighted by Crippen LogP contribution is 2.37. The summed E-state index contributed by atoms with van der Waals surface area (Å²) in [5.74, 6) is -1.39. The third kappa shape index (κ3) is 3.06. The Hall–Kier alpha value is -1.16. The van der Waals surface area contributed by atoms with Crippen molar-refractivity contribution in [2.24, 2.45) is 5.92 Å². The molecule has 2 aliphatic rings. The Morgan fingerprint density at radius 1 is 1.37 bits per heavy atom. The molecule has 2 fully saturated rings. The van der Waals surface area contributed by atoms with Gasteiger partial charge in [-0.2, -0.15) is 13.7 Å². The lowest BCUT2D eigenvalue weighted by molar-refractivity contribution is -0.132. The number of halogens is 1. The highest BCUT2D eigenvalue weighted by atomic mass is 32.3. The number of likely N-dealkylation sites (tertiary alicyclic amines) is 1. The summed E-state index contributed by atoms with van der Waals surface area (Å²) in [4.78, 5) is 13.5. The number of carbonyl (C=O) groups excluding carboxylic acids is 1. The molecule has 0 aromatic carbocycles. The summed E-state index contributed by atoms with van der Waals surface area (Å²) in [6.07, 6.45) is 4.11.